The first-order valence-corrected chi connectivity index (χ1v) is 6.99. The van der Waals surface area contributed by atoms with E-state index in [-0.39, 0.29) is 12.0 Å². The number of imidazole rings is 1. The summed E-state index contributed by atoms with van der Waals surface area (Å²) >= 11 is 0. The van der Waals surface area contributed by atoms with E-state index in [1.807, 2.05) is 11.5 Å². The van der Waals surface area contributed by atoms with Crippen molar-refractivity contribution in [2.24, 2.45) is 5.41 Å². The molecule has 0 saturated heterocycles. The van der Waals surface area contributed by atoms with Crippen LogP contribution >= 0.6 is 0 Å². The van der Waals surface area contributed by atoms with Crippen LogP contribution in [0.15, 0.2) is 12.1 Å². The van der Waals surface area contributed by atoms with E-state index < -0.39 is 5.97 Å². The molecule has 4 heteroatoms. The summed E-state index contributed by atoms with van der Waals surface area (Å²) in [6, 6.07) is 4.11. The van der Waals surface area contributed by atoms with Gasteiger partial charge in [-0.2, -0.15) is 0 Å². The minimum atomic E-state index is -0.817. The lowest BCUT2D eigenvalue weighted by Gasteiger charge is -2.08. The lowest BCUT2D eigenvalue weighted by molar-refractivity contribution is -0.137. The highest BCUT2D eigenvalue weighted by Crippen LogP contribution is 2.58. The zero-order valence-corrected chi connectivity index (χ0v) is 12.4. The number of carbonyl (C=O) groups is 1. The van der Waals surface area contributed by atoms with Crippen LogP contribution in [0.1, 0.15) is 43.1 Å². The van der Waals surface area contributed by atoms with Crippen molar-refractivity contribution in [1.29, 1.82) is 0 Å². The molecule has 0 spiro atoms. The van der Waals surface area contributed by atoms with Crippen LogP contribution in [0.25, 0.3) is 11.0 Å². The van der Waals surface area contributed by atoms with Crippen molar-refractivity contribution in [3.05, 3.63) is 29.1 Å². The molecule has 1 atom stereocenters. The van der Waals surface area contributed by atoms with Gasteiger partial charge in [-0.15, -0.1) is 0 Å². The molecule has 0 bridgehead atoms. The Labute approximate surface area is 118 Å². The highest BCUT2D eigenvalue weighted by Gasteiger charge is 2.49. The lowest BCUT2D eigenvalue weighted by atomic mass is 10.1. The van der Waals surface area contributed by atoms with Crippen LogP contribution in [0.3, 0.4) is 0 Å². The van der Waals surface area contributed by atoms with Gasteiger partial charge in [0.15, 0.2) is 0 Å². The van der Waals surface area contributed by atoms with Gasteiger partial charge in [-0.25, -0.2) is 4.98 Å². The van der Waals surface area contributed by atoms with Gasteiger partial charge in [0.05, 0.1) is 11.0 Å². The lowest BCUT2D eigenvalue weighted by Crippen LogP contribution is -2.12. The van der Waals surface area contributed by atoms with Crippen LogP contribution < -0.4 is 0 Å². The highest BCUT2D eigenvalue weighted by molar-refractivity contribution is 5.80. The van der Waals surface area contributed by atoms with Gasteiger partial charge >= 0.3 is 5.97 Å². The Morgan fingerprint density at radius 2 is 2.00 bits per heavy atom. The van der Waals surface area contributed by atoms with E-state index in [9.17, 15) is 9.90 Å². The third-order valence-electron chi connectivity index (χ3n) is 4.51. The number of nitrogens with zero attached hydrogens (tertiary/aromatic N) is 2. The van der Waals surface area contributed by atoms with Crippen molar-refractivity contribution < 1.29 is 9.90 Å². The van der Waals surface area contributed by atoms with Crippen LogP contribution in [0.2, 0.25) is 0 Å². The number of carboxylic acid groups (broad SMARTS) is 1. The maximum Gasteiger partial charge on any atom is 0.323 e. The number of aryl methyl sites for hydroxylation is 2. The summed E-state index contributed by atoms with van der Waals surface area (Å²) in [6.07, 6.45) is 1.08. The monoisotopic (exact) mass is 272 g/mol. The van der Waals surface area contributed by atoms with Gasteiger partial charge in [-0.05, 0) is 48.9 Å². The van der Waals surface area contributed by atoms with Crippen molar-refractivity contribution in [3.63, 3.8) is 0 Å². The minimum absolute atomic E-state index is 0.0130. The molecule has 2 aromatic rings. The van der Waals surface area contributed by atoms with Crippen LogP contribution in [-0.4, -0.2) is 20.6 Å². The Bertz CT molecular complexity index is 713. The summed E-state index contributed by atoms with van der Waals surface area (Å²) in [7, 11) is 0. The van der Waals surface area contributed by atoms with Gasteiger partial charge in [-0.3, -0.25) is 4.79 Å². The number of hydrogen-bond donors (Lipinski definition) is 1. The summed E-state index contributed by atoms with van der Waals surface area (Å²) in [5.41, 5.74) is 4.45. The summed E-state index contributed by atoms with van der Waals surface area (Å²) in [6.45, 7) is 8.51. The Hall–Kier alpha value is -1.84. The number of fused-ring (bicyclic) bond motifs is 1. The summed E-state index contributed by atoms with van der Waals surface area (Å²) in [5.74, 6) is 0.481. The Kier molecular flexibility index (Phi) is 2.68. The molecule has 1 N–H and O–H groups in total. The Balaban J connectivity index is 2.20. The Morgan fingerprint density at radius 1 is 1.40 bits per heavy atom. The molecule has 1 unspecified atom stereocenters. The third-order valence-corrected chi connectivity index (χ3v) is 4.51. The molecular formula is C16H20N2O2. The topological polar surface area (TPSA) is 55.1 Å². The molecule has 1 heterocycles. The molecule has 0 amide bonds. The molecule has 1 aliphatic carbocycles. The zero-order chi connectivity index (χ0) is 14.7. The zero-order valence-electron chi connectivity index (χ0n) is 12.4. The third kappa shape index (κ3) is 1.99. The van der Waals surface area contributed by atoms with Gasteiger partial charge < -0.3 is 9.67 Å². The number of rotatable bonds is 3. The molecule has 106 valence electrons. The second kappa shape index (κ2) is 4.08. The smallest absolute Gasteiger partial charge is 0.323 e. The highest BCUT2D eigenvalue weighted by atomic mass is 16.4. The molecule has 1 saturated carbocycles. The SMILES string of the molecule is Cc1cc2nc(C3CC3(C)C)n(CC(=O)O)c2cc1C. The van der Waals surface area contributed by atoms with Gasteiger partial charge in [0.1, 0.15) is 12.4 Å². The normalized spacial score (nSPS) is 20.3. The number of carboxylic acids is 1. The molecule has 0 aliphatic heterocycles. The second-order valence-electron chi connectivity index (χ2n) is 6.62. The minimum Gasteiger partial charge on any atom is -0.480 e. The quantitative estimate of drug-likeness (QED) is 0.933. The van der Waals surface area contributed by atoms with E-state index in [0.717, 1.165) is 23.3 Å². The largest absolute Gasteiger partial charge is 0.480 e. The van der Waals surface area contributed by atoms with Crippen molar-refractivity contribution >= 4 is 17.0 Å². The van der Waals surface area contributed by atoms with Crippen molar-refractivity contribution in [2.75, 3.05) is 0 Å². The number of benzene rings is 1. The molecule has 4 nitrogen and oxygen atoms in total. The molecule has 1 aliphatic rings. The molecule has 1 aromatic heterocycles. The van der Waals surface area contributed by atoms with E-state index in [0.29, 0.717) is 5.92 Å². The predicted octanol–water partition coefficient (Wildman–Crippen LogP) is 3.25. The molecule has 0 radical (unpaired) electrons. The van der Waals surface area contributed by atoms with Crippen LogP contribution in [0, 0.1) is 19.3 Å². The first-order valence-electron chi connectivity index (χ1n) is 6.99. The number of aromatic nitrogens is 2. The maximum atomic E-state index is 11.2. The summed E-state index contributed by atoms with van der Waals surface area (Å²) in [5, 5.41) is 9.18. The summed E-state index contributed by atoms with van der Waals surface area (Å²) < 4.78 is 1.88. The van der Waals surface area contributed by atoms with Crippen molar-refractivity contribution in [3.8, 4) is 0 Å². The van der Waals surface area contributed by atoms with Crippen molar-refractivity contribution in [1.82, 2.24) is 9.55 Å². The van der Waals surface area contributed by atoms with E-state index in [1.54, 1.807) is 0 Å². The summed E-state index contributed by atoms with van der Waals surface area (Å²) in [4.78, 5) is 15.9. The van der Waals surface area contributed by atoms with Crippen LogP contribution in [-0.2, 0) is 11.3 Å². The van der Waals surface area contributed by atoms with Gasteiger partial charge in [0.2, 0.25) is 0 Å². The van der Waals surface area contributed by atoms with Crippen LogP contribution in [0.5, 0.6) is 0 Å². The fourth-order valence-corrected chi connectivity index (χ4v) is 2.87. The predicted molar refractivity (Wildman–Crippen MR) is 78.0 cm³/mol. The van der Waals surface area contributed by atoms with E-state index in [1.165, 1.54) is 11.1 Å². The first kappa shape index (κ1) is 13.2. The standard InChI is InChI=1S/C16H20N2O2/c1-9-5-12-13(6-10(9)2)18(8-14(19)20)15(17-12)11-7-16(11,3)4/h5-6,11H,7-8H2,1-4H3,(H,19,20). The second-order valence-corrected chi connectivity index (χ2v) is 6.62. The van der Waals surface area contributed by atoms with Gasteiger partial charge in [0, 0.05) is 5.92 Å². The first-order chi connectivity index (χ1) is 9.29. The fraction of sp³-hybridized carbons (Fsp3) is 0.500. The fourth-order valence-electron chi connectivity index (χ4n) is 2.87. The molecule has 20 heavy (non-hydrogen) atoms. The van der Waals surface area contributed by atoms with E-state index in [4.69, 9.17) is 4.98 Å². The van der Waals surface area contributed by atoms with Gasteiger partial charge in [0.25, 0.3) is 0 Å². The van der Waals surface area contributed by atoms with Gasteiger partial charge in [-0.1, -0.05) is 13.8 Å². The number of aliphatic carboxylic acids is 1. The van der Waals surface area contributed by atoms with Crippen LogP contribution in [0.4, 0.5) is 0 Å². The molecular weight excluding hydrogens is 252 g/mol. The Morgan fingerprint density at radius 3 is 2.55 bits per heavy atom. The molecule has 1 fully saturated rings. The molecule has 3 rings (SSSR count). The average molecular weight is 272 g/mol. The van der Waals surface area contributed by atoms with E-state index in [2.05, 4.69) is 32.9 Å². The number of hydrogen-bond acceptors (Lipinski definition) is 2. The maximum absolute atomic E-state index is 11.2. The van der Waals surface area contributed by atoms with Crippen molar-refractivity contribution in [2.45, 2.75) is 46.6 Å². The van der Waals surface area contributed by atoms with E-state index >= 15 is 0 Å². The average Bonchev–Trinajstić information content (AvgIpc) is 2.83. The molecule has 1 aromatic carbocycles.